The summed E-state index contributed by atoms with van der Waals surface area (Å²) in [6.07, 6.45) is 6.83. The van der Waals surface area contributed by atoms with Crippen LogP contribution in [0.3, 0.4) is 0 Å². The van der Waals surface area contributed by atoms with Gasteiger partial charge in [-0.25, -0.2) is 0 Å². The van der Waals surface area contributed by atoms with Crippen LogP contribution in [0, 0.1) is 23.2 Å². The molecular formula is C24H33NO4. The van der Waals surface area contributed by atoms with Gasteiger partial charge in [-0.15, -0.1) is 0 Å². The maximum atomic E-state index is 12.7. The third-order valence-electron chi connectivity index (χ3n) is 8.19. The molecule has 5 rings (SSSR count). The van der Waals surface area contributed by atoms with Crippen LogP contribution in [0.25, 0.3) is 0 Å². The van der Waals surface area contributed by atoms with E-state index >= 15 is 0 Å². The largest absolute Gasteiger partial charge is 0.497 e. The van der Waals surface area contributed by atoms with Crippen LogP contribution < -0.4 is 10.1 Å². The summed E-state index contributed by atoms with van der Waals surface area (Å²) in [6, 6.07) is 8.18. The van der Waals surface area contributed by atoms with E-state index in [1.54, 1.807) is 7.11 Å². The smallest absolute Gasteiger partial charge is 0.310 e. The Morgan fingerprint density at radius 2 is 2.03 bits per heavy atom. The summed E-state index contributed by atoms with van der Waals surface area (Å²) in [6.45, 7) is 4.91. The molecule has 0 unspecified atom stereocenters. The number of carbonyl (C=O) groups is 1. The number of benzene rings is 1. The molecule has 6 atom stereocenters. The number of nitrogens with one attached hydrogen (secondary N) is 1. The van der Waals surface area contributed by atoms with E-state index in [0.29, 0.717) is 18.4 Å². The van der Waals surface area contributed by atoms with Gasteiger partial charge in [-0.3, -0.25) is 4.79 Å². The van der Waals surface area contributed by atoms with Gasteiger partial charge < -0.3 is 19.5 Å². The Balaban J connectivity index is 1.18. The summed E-state index contributed by atoms with van der Waals surface area (Å²) in [4.78, 5) is 12.7. The van der Waals surface area contributed by atoms with E-state index in [4.69, 9.17) is 14.2 Å². The zero-order chi connectivity index (χ0) is 20.1. The molecule has 2 saturated carbocycles. The Hall–Kier alpha value is -1.59. The lowest BCUT2D eigenvalue weighted by molar-refractivity contribution is -0.147. The normalized spacial score (nSPS) is 40.3. The van der Waals surface area contributed by atoms with Crippen LogP contribution >= 0.6 is 0 Å². The minimum atomic E-state index is -0.0156. The number of esters is 1. The first-order valence-electron chi connectivity index (χ1n) is 11.2. The van der Waals surface area contributed by atoms with Crippen molar-refractivity contribution in [3.63, 3.8) is 0 Å². The SMILES string of the molecule is COc1ccc(CCNC[C@@H]2C(=O)O[C@@H]3C[C@@]4(C)CCC[C@]5(CO5)[C@H]4C[C@@H]23)cc1. The maximum absolute atomic E-state index is 12.7. The van der Waals surface area contributed by atoms with E-state index < -0.39 is 0 Å². The van der Waals surface area contributed by atoms with Gasteiger partial charge in [-0.05, 0) is 74.1 Å². The summed E-state index contributed by atoms with van der Waals surface area (Å²) >= 11 is 0. The predicted octanol–water partition coefficient (Wildman–Crippen LogP) is 3.35. The summed E-state index contributed by atoms with van der Waals surface area (Å²) in [7, 11) is 1.68. The number of carbonyl (C=O) groups excluding carboxylic acids is 1. The molecule has 29 heavy (non-hydrogen) atoms. The Morgan fingerprint density at radius 3 is 2.76 bits per heavy atom. The standard InChI is InChI=1S/C24H33NO4/c1-23-9-3-10-24(15-28-24)21(23)12-18-19(22(26)29-20(18)13-23)14-25-11-8-16-4-6-17(27-2)7-5-16/h4-7,18-21,25H,3,8-15H2,1-2H3/t18-,19-,20+,21-,23+,24-/m0/s1. The van der Waals surface area contributed by atoms with Crippen molar-refractivity contribution >= 4 is 5.97 Å². The molecule has 1 aromatic rings. The fourth-order valence-electron chi connectivity index (χ4n) is 6.47. The maximum Gasteiger partial charge on any atom is 0.310 e. The first-order chi connectivity index (χ1) is 14.0. The van der Waals surface area contributed by atoms with Crippen molar-refractivity contribution in [1.29, 1.82) is 0 Å². The van der Waals surface area contributed by atoms with Crippen LogP contribution in [0.1, 0.15) is 44.6 Å². The number of hydrogen-bond donors (Lipinski definition) is 1. The highest BCUT2D eigenvalue weighted by atomic mass is 16.6. The van der Waals surface area contributed by atoms with E-state index in [0.717, 1.165) is 38.2 Å². The second kappa shape index (κ2) is 7.28. The molecule has 158 valence electrons. The quantitative estimate of drug-likeness (QED) is 0.452. The molecule has 4 fully saturated rings. The zero-order valence-electron chi connectivity index (χ0n) is 17.6. The van der Waals surface area contributed by atoms with Gasteiger partial charge in [0.2, 0.25) is 0 Å². The Morgan fingerprint density at radius 1 is 1.24 bits per heavy atom. The lowest BCUT2D eigenvalue weighted by Crippen LogP contribution is -2.51. The highest BCUT2D eigenvalue weighted by Crippen LogP contribution is 2.62. The Bertz CT molecular complexity index is 759. The monoisotopic (exact) mass is 399 g/mol. The lowest BCUT2D eigenvalue weighted by atomic mass is 9.53. The average Bonchev–Trinajstić information content (AvgIpc) is 3.41. The van der Waals surface area contributed by atoms with Gasteiger partial charge in [0, 0.05) is 12.5 Å². The van der Waals surface area contributed by atoms with Gasteiger partial charge in [0.1, 0.15) is 11.9 Å². The molecule has 4 aliphatic rings. The highest BCUT2D eigenvalue weighted by Gasteiger charge is 2.64. The van der Waals surface area contributed by atoms with Crippen molar-refractivity contribution < 1.29 is 19.0 Å². The molecular weight excluding hydrogens is 366 g/mol. The molecule has 0 radical (unpaired) electrons. The molecule has 5 nitrogen and oxygen atoms in total. The van der Waals surface area contributed by atoms with E-state index in [2.05, 4.69) is 24.4 Å². The summed E-state index contributed by atoms with van der Waals surface area (Å²) in [5, 5.41) is 3.52. The van der Waals surface area contributed by atoms with Crippen molar-refractivity contribution in [2.45, 2.75) is 57.2 Å². The topological polar surface area (TPSA) is 60.1 Å². The third kappa shape index (κ3) is 3.46. The first kappa shape index (κ1) is 19.4. The average molecular weight is 400 g/mol. The summed E-state index contributed by atoms with van der Waals surface area (Å²) < 4.78 is 17.1. The fourth-order valence-corrected chi connectivity index (χ4v) is 6.47. The molecule has 2 heterocycles. The van der Waals surface area contributed by atoms with Gasteiger partial charge >= 0.3 is 5.97 Å². The van der Waals surface area contributed by atoms with E-state index in [1.807, 2.05) is 12.1 Å². The second-order valence-electron chi connectivity index (χ2n) is 9.90. The molecule has 1 N–H and O–H groups in total. The van der Waals surface area contributed by atoms with Crippen LogP contribution in [0.2, 0.25) is 0 Å². The molecule has 2 aliphatic carbocycles. The number of epoxide rings is 1. The van der Waals surface area contributed by atoms with Crippen molar-refractivity contribution in [2.75, 3.05) is 26.8 Å². The van der Waals surface area contributed by atoms with E-state index in [9.17, 15) is 4.79 Å². The predicted molar refractivity (Wildman–Crippen MR) is 110 cm³/mol. The molecule has 0 aromatic heterocycles. The summed E-state index contributed by atoms with van der Waals surface area (Å²) in [5.41, 5.74) is 1.66. The Kier molecular flexibility index (Phi) is 4.86. The van der Waals surface area contributed by atoms with Gasteiger partial charge in [0.25, 0.3) is 0 Å². The molecule has 0 bridgehead atoms. The van der Waals surface area contributed by atoms with Crippen LogP contribution in [0.5, 0.6) is 5.75 Å². The second-order valence-corrected chi connectivity index (χ2v) is 9.90. The van der Waals surface area contributed by atoms with Crippen molar-refractivity contribution in [3.05, 3.63) is 29.8 Å². The van der Waals surface area contributed by atoms with Gasteiger partial charge in [-0.1, -0.05) is 19.1 Å². The number of hydrogen-bond acceptors (Lipinski definition) is 5. The van der Waals surface area contributed by atoms with Gasteiger partial charge in [0.05, 0.1) is 25.2 Å². The van der Waals surface area contributed by atoms with Crippen molar-refractivity contribution in [3.8, 4) is 5.75 Å². The summed E-state index contributed by atoms with van der Waals surface area (Å²) in [5.74, 6) is 1.79. The van der Waals surface area contributed by atoms with E-state index in [1.165, 1.54) is 24.8 Å². The number of fused-ring (bicyclic) bond motifs is 3. The molecule has 0 amide bonds. The number of rotatable bonds is 6. The minimum Gasteiger partial charge on any atom is -0.497 e. The lowest BCUT2D eigenvalue weighted by Gasteiger charge is -2.51. The van der Waals surface area contributed by atoms with Crippen LogP contribution in [0.15, 0.2) is 24.3 Å². The van der Waals surface area contributed by atoms with Crippen LogP contribution in [-0.2, 0) is 20.7 Å². The zero-order valence-corrected chi connectivity index (χ0v) is 17.6. The van der Waals surface area contributed by atoms with Gasteiger partial charge in [0.15, 0.2) is 0 Å². The first-order valence-corrected chi connectivity index (χ1v) is 11.2. The third-order valence-corrected chi connectivity index (χ3v) is 8.19. The minimum absolute atomic E-state index is 0.00459. The fraction of sp³-hybridized carbons (Fsp3) is 0.708. The Labute approximate surface area is 173 Å². The van der Waals surface area contributed by atoms with Crippen LogP contribution in [0.4, 0.5) is 0 Å². The molecule has 1 aromatic carbocycles. The van der Waals surface area contributed by atoms with Crippen molar-refractivity contribution in [1.82, 2.24) is 5.32 Å². The highest BCUT2D eigenvalue weighted by molar-refractivity contribution is 5.75. The number of ether oxygens (including phenoxy) is 3. The van der Waals surface area contributed by atoms with Crippen molar-refractivity contribution in [2.24, 2.45) is 23.2 Å². The van der Waals surface area contributed by atoms with Gasteiger partial charge in [-0.2, -0.15) is 0 Å². The molecule has 5 heteroatoms. The number of methoxy groups -OCH3 is 1. The van der Waals surface area contributed by atoms with E-state index in [-0.39, 0.29) is 29.0 Å². The molecule has 1 spiro atoms. The van der Waals surface area contributed by atoms with Crippen LogP contribution in [-0.4, -0.2) is 44.5 Å². The molecule has 2 saturated heterocycles. The molecule has 2 aliphatic heterocycles.